The Labute approximate surface area is 160 Å². The van der Waals surface area contributed by atoms with Gasteiger partial charge in [-0.2, -0.15) is 13.2 Å². The van der Waals surface area contributed by atoms with Crippen molar-refractivity contribution in [3.05, 3.63) is 23.9 Å². The molecule has 8 heteroatoms. The second-order valence-electron chi connectivity index (χ2n) is 8.72. The Hall–Kier alpha value is -2.12. The number of ketones is 1. The molecule has 4 atom stereocenters. The van der Waals surface area contributed by atoms with Crippen LogP contribution in [0.5, 0.6) is 0 Å². The molecule has 0 spiro atoms. The molecule has 0 aromatic carbocycles. The van der Waals surface area contributed by atoms with E-state index in [1.807, 2.05) is 9.80 Å². The van der Waals surface area contributed by atoms with Crippen LogP contribution in [0.2, 0.25) is 0 Å². The number of halogens is 3. The smallest absolute Gasteiger partial charge is 0.350 e. The molecule has 150 valence electrons. The number of pyridine rings is 1. The number of carbonyl (C=O) groups is 2. The molecule has 28 heavy (non-hydrogen) atoms. The number of hydrogen-bond acceptors (Lipinski definition) is 4. The van der Waals surface area contributed by atoms with Gasteiger partial charge < -0.3 is 9.80 Å². The fourth-order valence-electron chi connectivity index (χ4n) is 5.96. The summed E-state index contributed by atoms with van der Waals surface area (Å²) in [6, 6.07) is 2.04. The van der Waals surface area contributed by atoms with Crippen molar-refractivity contribution in [3.63, 3.8) is 0 Å². The second-order valence-corrected chi connectivity index (χ2v) is 8.72. The van der Waals surface area contributed by atoms with E-state index in [1.165, 1.54) is 6.20 Å². The molecule has 0 N–H and O–H groups in total. The molecule has 2 aliphatic carbocycles. The topological polar surface area (TPSA) is 53.5 Å². The van der Waals surface area contributed by atoms with Crippen LogP contribution in [0.25, 0.3) is 0 Å². The van der Waals surface area contributed by atoms with Crippen LogP contribution in [0.3, 0.4) is 0 Å². The number of hydrogen-bond donors (Lipinski definition) is 0. The fourth-order valence-corrected chi connectivity index (χ4v) is 5.96. The minimum absolute atomic E-state index is 0.0137. The molecule has 5 nitrogen and oxygen atoms in total. The predicted molar refractivity (Wildman–Crippen MR) is 94.5 cm³/mol. The van der Waals surface area contributed by atoms with E-state index in [1.54, 1.807) is 0 Å². The molecule has 5 rings (SSSR count). The Morgan fingerprint density at radius 2 is 2.07 bits per heavy atom. The number of piperazine rings is 1. The van der Waals surface area contributed by atoms with Crippen LogP contribution < -0.4 is 4.90 Å². The summed E-state index contributed by atoms with van der Waals surface area (Å²) < 4.78 is 39.0. The second kappa shape index (κ2) is 5.94. The first kappa shape index (κ1) is 17.9. The van der Waals surface area contributed by atoms with Gasteiger partial charge in [-0.15, -0.1) is 0 Å². The van der Waals surface area contributed by atoms with Crippen LogP contribution in [0.1, 0.15) is 44.1 Å². The summed E-state index contributed by atoms with van der Waals surface area (Å²) in [4.78, 5) is 33.4. The summed E-state index contributed by atoms with van der Waals surface area (Å²) in [7, 11) is 0. The van der Waals surface area contributed by atoms with E-state index in [-0.39, 0.29) is 29.7 Å². The van der Waals surface area contributed by atoms with Gasteiger partial charge in [0.05, 0.1) is 23.1 Å². The van der Waals surface area contributed by atoms with Crippen molar-refractivity contribution in [1.82, 2.24) is 9.88 Å². The van der Waals surface area contributed by atoms with Crippen molar-refractivity contribution >= 4 is 17.5 Å². The first-order valence-corrected chi connectivity index (χ1v) is 9.90. The van der Waals surface area contributed by atoms with Crippen LogP contribution >= 0.6 is 0 Å². The standard InChI is InChI=1S/C20H22F3N3O2/c21-20(22,23)13-3-5-24-17(7-13)25-10-15-8-14(25)11-26(15)18(28)19-4-1-2-12(19)6-16(27)9-19/h3,5,7,12,14-15H,1-2,4,6,8-11H2/t12-,14+,15+,19-/m1/s1. The lowest BCUT2D eigenvalue weighted by Crippen LogP contribution is -2.53. The lowest BCUT2D eigenvalue weighted by atomic mass is 9.78. The third-order valence-electron chi connectivity index (χ3n) is 7.24. The molecule has 2 bridgehead atoms. The highest BCUT2D eigenvalue weighted by Gasteiger charge is 2.58. The van der Waals surface area contributed by atoms with Crippen molar-refractivity contribution in [2.24, 2.45) is 11.3 Å². The zero-order valence-electron chi connectivity index (χ0n) is 15.4. The summed E-state index contributed by atoms with van der Waals surface area (Å²) in [5.41, 5.74) is -1.22. The number of anilines is 1. The molecule has 4 fully saturated rings. The van der Waals surface area contributed by atoms with Gasteiger partial charge >= 0.3 is 6.18 Å². The number of Topliss-reactive ketones (excluding diaryl/α,β-unsaturated/α-hetero) is 1. The Balaban J connectivity index is 1.34. The van der Waals surface area contributed by atoms with Gasteiger partial charge in [0.2, 0.25) is 5.91 Å². The Morgan fingerprint density at radius 1 is 1.25 bits per heavy atom. The largest absolute Gasteiger partial charge is 0.416 e. The summed E-state index contributed by atoms with van der Waals surface area (Å²) in [5, 5.41) is 0. The number of aromatic nitrogens is 1. The third kappa shape index (κ3) is 2.56. The SMILES string of the molecule is O=C1C[C@H]2CCC[C@@]2(C(=O)N2C[C@@H]3C[C@H]2CN3c2cc(C(F)(F)F)ccn2)C1. The molecule has 0 radical (unpaired) electrons. The number of alkyl halides is 3. The number of rotatable bonds is 2. The summed E-state index contributed by atoms with van der Waals surface area (Å²) in [5.74, 6) is 0.789. The van der Waals surface area contributed by atoms with E-state index in [9.17, 15) is 22.8 Å². The van der Waals surface area contributed by atoms with Crippen molar-refractivity contribution in [3.8, 4) is 0 Å². The molecular weight excluding hydrogens is 371 g/mol. The van der Waals surface area contributed by atoms with E-state index >= 15 is 0 Å². The molecular formula is C20H22F3N3O2. The monoisotopic (exact) mass is 393 g/mol. The molecule has 1 amide bonds. The lowest BCUT2D eigenvalue weighted by Gasteiger charge is -2.40. The van der Waals surface area contributed by atoms with Crippen LogP contribution in [0.4, 0.5) is 19.0 Å². The van der Waals surface area contributed by atoms with Crippen LogP contribution in [-0.4, -0.2) is 46.7 Å². The Morgan fingerprint density at radius 3 is 2.79 bits per heavy atom. The molecule has 2 saturated carbocycles. The highest BCUT2D eigenvalue weighted by molar-refractivity contribution is 5.94. The number of amides is 1. The lowest BCUT2D eigenvalue weighted by molar-refractivity contribution is -0.145. The fraction of sp³-hybridized carbons (Fsp3) is 0.650. The number of carbonyl (C=O) groups excluding carboxylic acids is 2. The van der Waals surface area contributed by atoms with E-state index < -0.39 is 17.2 Å². The van der Waals surface area contributed by atoms with Gasteiger partial charge in [-0.05, 0) is 37.3 Å². The number of fused-ring (bicyclic) bond motifs is 3. The highest BCUT2D eigenvalue weighted by Crippen LogP contribution is 2.55. The maximum absolute atomic E-state index is 13.4. The van der Waals surface area contributed by atoms with Gasteiger partial charge in [-0.3, -0.25) is 9.59 Å². The van der Waals surface area contributed by atoms with Gasteiger partial charge in [-0.1, -0.05) is 6.42 Å². The summed E-state index contributed by atoms with van der Waals surface area (Å²) in [6.07, 6.45) is 1.15. The normalized spacial score (nSPS) is 34.4. The average Bonchev–Trinajstić information content (AvgIpc) is 3.39. The van der Waals surface area contributed by atoms with Crippen LogP contribution in [0, 0.1) is 11.3 Å². The first-order chi connectivity index (χ1) is 13.3. The number of likely N-dealkylation sites (tertiary alicyclic amines) is 1. The van der Waals surface area contributed by atoms with Gasteiger partial charge in [-0.25, -0.2) is 4.98 Å². The zero-order chi connectivity index (χ0) is 19.7. The van der Waals surface area contributed by atoms with E-state index in [0.717, 1.165) is 37.8 Å². The van der Waals surface area contributed by atoms with Crippen molar-refractivity contribution in [1.29, 1.82) is 0 Å². The average molecular weight is 393 g/mol. The van der Waals surface area contributed by atoms with Crippen molar-refractivity contribution in [2.75, 3.05) is 18.0 Å². The van der Waals surface area contributed by atoms with Gasteiger partial charge in [0.1, 0.15) is 11.6 Å². The number of nitrogens with zero attached hydrogens (tertiary/aromatic N) is 3. The van der Waals surface area contributed by atoms with Gasteiger partial charge in [0.25, 0.3) is 0 Å². The van der Waals surface area contributed by atoms with Crippen molar-refractivity contribution < 1.29 is 22.8 Å². The molecule has 1 aromatic rings. The van der Waals surface area contributed by atoms with E-state index in [4.69, 9.17) is 0 Å². The predicted octanol–water partition coefficient (Wildman–Crippen LogP) is 3.04. The zero-order valence-corrected chi connectivity index (χ0v) is 15.4. The van der Waals surface area contributed by atoms with E-state index in [2.05, 4.69) is 4.98 Å². The molecule has 1 aromatic heterocycles. The van der Waals surface area contributed by atoms with Gasteiger partial charge in [0, 0.05) is 32.1 Å². The maximum Gasteiger partial charge on any atom is 0.416 e. The van der Waals surface area contributed by atoms with Crippen LogP contribution in [-0.2, 0) is 15.8 Å². The maximum atomic E-state index is 13.4. The minimum Gasteiger partial charge on any atom is -0.350 e. The van der Waals surface area contributed by atoms with Crippen molar-refractivity contribution in [2.45, 2.75) is 56.8 Å². The first-order valence-electron chi connectivity index (χ1n) is 9.90. The molecule has 2 saturated heterocycles. The Kier molecular flexibility index (Phi) is 3.81. The quantitative estimate of drug-likeness (QED) is 0.775. The minimum atomic E-state index is -4.40. The van der Waals surface area contributed by atoms with Crippen LogP contribution in [0.15, 0.2) is 18.3 Å². The molecule has 4 aliphatic rings. The summed E-state index contributed by atoms with van der Waals surface area (Å²) in [6.45, 7) is 1.00. The Bertz CT molecular complexity index is 842. The molecule has 2 aliphatic heterocycles. The highest BCUT2D eigenvalue weighted by atomic mass is 19.4. The third-order valence-corrected chi connectivity index (χ3v) is 7.24. The van der Waals surface area contributed by atoms with E-state index in [0.29, 0.717) is 31.7 Å². The summed E-state index contributed by atoms with van der Waals surface area (Å²) >= 11 is 0. The molecule has 0 unspecified atom stereocenters. The molecule has 3 heterocycles. The van der Waals surface area contributed by atoms with Gasteiger partial charge in [0.15, 0.2) is 0 Å².